The minimum absolute atomic E-state index is 0.127. The highest BCUT2D eigenvalue weighted by atomic mass is 16.6. The predicted octanol–water partition coefficient (Wildman–Crippen LogP) is 4.51. The predicted molar refractivity (Wildman–Crippen MR) is 119 cm³/mol. The first-order valence-electron chi connectivity index (χ1n) is 10.2. The topological polar surface area (TPSA) is 63.2 Å². The zero-order valence-corrected chi connectivity index (χ0v) is 18.4. The van der Waals surface area contributed by atoms with Gasteiger partial charge in [-0.3, -0.25) is 0 Å². The lowest BCUT2D eigenvalue weighted by Gasteiger charge is -2.29. The molecule has 0 saturated heterocycles. The molecule has 0 spiro atoms. The lowest BCUT2D eigenvalue weighted by molar-refractivity contribution is 0.0580. The van der Waals surface area contributed by atoms with Gasteiger partial charge in [0, 0.05) is 18.5 Å². The number of hydrogen-bond donors (Lipinski definition) is 1. The van der Waals surface area contributed by atoms with Crippen molar-refractivity contribution >= 4 is 11.7 Å². The van der Waals surface area contributed by atoms with E-state index < -0.39 is 0 Å². The smallest absolute Gasteiger partial charge is 0.318 e. The Morgan fingerprint density at radius 2 is 1.97 bits per heavy atom. The van der Waals surface area contributed by atoms with Crippen LogP contribution in [0.15, 0.2) is 53.7 Å². The number of urea groups is 1. The Morgan fingerprint density at radius 1 is 1.23 bits per heavy atom. The van der Waals surface area contributed by atoms with Crippen LogP contribution in [0.3, 0.4) is 0 Å². The van der Waals surface area contributed by atoms with Crippen LogP contribution < -0.4 is 10.1 Å². The van der Waals surface area contributed by atoms with Gasteiger partial charge >= 0.3 is 6.03 Å². The molecule has 3 rings (SSSR count). The number of nitrogens with zero attached hydrogens (tertiary/aromatic N) is 2. The molecule has 1 aliphatic rings. The number of methoxy groups -OCH3 is 1. The summed E-state index contributed by atoms with van der Waals surface area (Å²) in [4.78, 5) is 20.4. The molecule has 160 valence electrons. The second kappa shape index (κ2) is 9.20. The highest BCUT2D eigenvalue weighted by Gasteiger charge is 2.28. The molecule has 0 aromatic heterocycles. The highest BCUT2D eigenvalue weighted by molar-refractivity contribution is 6.01. The quantitative estimate of drug-likeness (QED) is 0.764. The SMILES string of the molecule is COc1cccc(CN(CC2CC(c3ccc(C)cc3)=NO2)C(=O)NC(C)(C)C)c1. The van der Waals surface area contributed by atoms with E-state index in [0.29, 0.717) is 19.5 Å². The van der Waals surface area contributed by atoms with Gasteiger partial charge in [-0.15, -0.1) is 0 Å². The Bertz CT molecular complexity index is 901. The standard InChI is InChI=1S/C24H31N3O3/c1-17-9-11-19(12-10-17)22-14-21(30-26-22)16-27(23(28)25-24(2,3)4)15-18-7-6-8-20(13-18)29-5/h6-13,21H,14-16H2,1-5H3,(H,25,28). The molecule has 0 aliphatic carbocycles. The van der Waals surface area contributed by atoms with Crippen LogP contribution in [0.5, 0.6) is 5.75 Å². The zero-order valence-electron chi connectivity index (χ0n) is 18.4. The zero-order chi connectivity index (χ0) is 21.7. The molecule has 0 saturated carbocycles. The maximum Gasteiger partial charge on any atom is 0.318 e. The van der Waals surface area contributed by atoms with Crippen LogP contribution in [0.4, 0.5) is 4.79 Å². The largest absolute Gasteiger partial charge is 0.497 e. The molecule has 1 heterocycles. The van der Waals surface area contributed by atoms with Crippen molar-refractivity contribution in [3.63, 3.8) is 0 Å². The number of oxime groups is 1. The molecule has 1 N–H and O–H groups in total. The molecule has 2 aromatic rings. The van der Waals surface area contributed by atoms with Crippen LogP contribution in [0, 0.1) is 6.92 Å². The number of hydrogen-bond acceptors (Lipinski definition) is 4. The molecule has 2 amide bonds. The number of carbonyl (C=O) groups excluding carboxylic acids is 1. The summed E-state index contributed by atoms with van der Waals surface area (Å²) < 4.78 is 5.32. The van der Waals surface area contributed by atoms with E-state index in [1.54, 1.807) is 12.0 Å². The van der Waals surface area contributed by atoms with Crippen molar-refractivity contribution in [3.05, 3.63) is 65.2 Å². The molecule has 1 unspecified atom stereocenters. The third-order valence-electron chi connectivity index (χ3n) is 4.82. The number of amides is 2. The molecule has 1 atom stereocenters. The van der Waals surface area contributed by atoms with Crippen LogP contribution in [-0.2, 0) is 11.4 Å². The van der Waals surface area contributed by atoms with Crippen molar-refractivity contribution in [1.29, 1.82) is 0 Å². The molecular weight excluding hydrogens is 378 g/mol. The monoisotopic (exact) mass is 409 g/mol. The Balaban J connectivity index is 1.70. The van der Waals surface area contributed by atoms with Crippen molar-refractivity contribution in [2.75, 3.05) is 13.7 Å². The summed E-state index contributed by atoms with van der Waals surface area (Å²) >= 11 is 0. The van der Waals surface area contributed by atoms with E-state index in [4.69, 9.17) is 9.57 Å². The van der Waals surface area contributed by atoms with Gasteiger partial charge in [0.1, 0.15) is 5.75 Å². The first-order valence-corrected chi connectivity index (χ1v) is 10.2. The second-order valence-corrected chi connectivity index (χ2v) is 8.75. The maximum absolute atomic E-state index is 13.0. The van der Waals surface area contributed by atoms with Crippen LogP contribution in [0.2, 0.25) is 0 Å². The summed E-state index contributed by atoms with van der Waals surface area (Å²) in [6.07, 6.45) is 0.484. The van der Waals surface area contributed by atoms with Crippen molar-refractivity contribution < 1.29 is 14.4 Å². The molecule has 0 fully saturated rings. The Hall–Kier alpha value is -3.02. The highest BCUT2D eigenvalue weighted by Crippen LogP contribution is 2.20. The summed E-state index contributed by atoms with van der Waals surface area (Å²) in [6, 6.07) is 15.9. The van der Waals surface area contributed by atoms with Crippen molar-refractivity contribution in [2.24, 2.45) is 5.16 Å². The van der Waals surface area contributed by atoms with E-state index in [0.717, 1.165) is 22.6 Å². The normalized spacial score (nSPS) is 15.9. The molecule has 6 nitrogen and oxygen atoms in total. The van der Waals surface area contributed by atoms with Gasteiger partial charge < -0.3 is 19.8 Å². The maximum atomic E-state index is 13.0. The summed E-state index contributed by atoms with van der Waals surface area (Å²) in [6.45, 7) is 8.87. The number of rotatable bonds is 6. The number of aryl methyl sites for hydroxylation is 1. The first kappa shape index (κ1) is 21.7. The Labute approximate surface area is 178 Å². The summed E-state index contributed by atoms with van der Waals surface area (Å²) in [5.74, 6) is 0.769. The van der Waals surface area contributed by atoms with E-state index in [9.17, 15) is 4.79 Å². The average Bonchev–Trinajstić information content (AvgIpc) is 3.15. The van der Waals surface area contributed by atoms with Crippen LogP contribution >= 0.6 is 0 Å². The van der Waals surface area contributed by atoms with E-state index >= 15 is 0 Å². The van der Waals surface area contributed by atoms with Gasteiger partial charge in [-0.1, -0.05) is 47.1 Å². The fourth-order valence-corrected chi connectivity index (χ4v) is 3.30. The molecule has 0 radical (unpaired) electrons. The molecule has 6 heteroatoms. The van der Waals surface area contributed by atoms with Crippen LogP contribution in [0.1, 0.15) is 43.9 Å². The third kappa shape index (κ3) is 5.99. The summed E-state index contributed by atoms with van der Waals surface area (Å²) in [7, 11) is 1.64. The fraction of sp³-hybridized carbons (Fsp3) is 0.417. The molecule has 1 aliphatic heterocycles. The van der Waals surface area contributed by atoms with Crippen LogP contribution in [-0.4, -0.2) is 41.9 Å². The Morgan fingerprint density at radius 3 is 2.63 bits per heavy atom. The Kier molecular flexibility index (Phi) is 6.65. The lowest BCUT2D eigenvalue weighted by atomic mass is 10.0. The van der Waals surface area contributed by atoms with Crippen molar-refractivity contribution in [3.8, 4) is 5.75 Å². The van der Waals surface area contributed by atoms with Gasteiger partial charge in [0.15, 0.2) is 6.10 Å². The van der Waals surface area contributed by atoms with Crippen molar-refractivity contribution in [1.82, 2.24) is 10.2 Å². The van der Waals surface area contributed by atoms with E-state index in [2.05, 4.69) is 41.7 Å². The summed E-state index contributed by atoms with van der Waals surface area (Å²) in [5, 5.41) is 7.33. The summed E-state index contributed by atoms with van der Waals surface area (Å²) in [5.41, 5.74) is 3.84. The molecule has 2 aromatic carbocycles. The minimum Gasteiger partial charge on any atom is -0.497 e. The van der Waals surface area contributed by atoms with Gasteiger partial charge in [-0.05, 0) is 51.0 Å². The van der Waals surface area contributed by atoms with Gasteiger partial charge in [0.05, 0.1) is 19.4 Å². The number of nitrogens with one attached hydrogen (secondary N) is 1. The minimum atomic E-state index is -0.330. The molecular formula is C24H31N3O3. The molecule has 30 heavy (non-hydrogen) atoms. The lowest BCUT2D eigenvalue weighted by Crippen LogP contribution is -2.50. The van der Waals surface area contributed by atoms with Gasteiger partial charge in [0.25, 0.3) is 0 Å². The fourth-order valence-electron chi connectivity index (χ4n) is 3.30. The first-order chi connectivity index (χ1) is 14.2. The average molecular weight is 410 g/mol. The van der Waals surface area contributed by atoms with E-state index in [1.807, 2.05) is 45.0 Å². The number of carbonyl (C=O) groups is 1. The molecule has 0 bridgehead atoms. The van der Waals surface area contributed by atoms with Gasteiger partial charge in [-0.25, -0.2) is 4.79 Å². The van der Waals surface area contributed by atoms with E-state index in [-0.39, 0.29) is 17.7 Å². The van der Waals surface area contributed by atoms with E-state index in [1.165, 1.54) is 5.56 Å². The third-order valence-corrected chi connectivity index (χ3v) is 4.82. The van der Waals surface area contributed by atoms with Crippen LogP contribution in [0.25, 0.3) is 0 Å². The number of ether oxygens (including phenoxy) is 1. The van der Waals surface area contributed by atoms with Crippen molar-refractivity contribution in [2.45, 2.75) is 52.3 Å². The second-order valence-electron chi connectivity index (χ2n) is 8.75. The number of benzene rings is 2. The van der Waals surface area contributed by atoms with Gasteiger partial charge in [0.2, 0.25) is 0 Å². The van der Waals surface area contributed by atoms with Gasteiger partial charge in [-0.2, -0.15) is 0 Å².